The van der Waals surface area contributed by atoms with E-state index in [-0.39, 0.29) is 29.6 Å². The Hall–Kier alpha value is -1.84. The minimum absolute atomic E-state index is 0.109. The normalized spacial score (nSPS) is 16.4. The maximum atomic E-state index is 13.1. The lowest BCUT2D eigenvalue weighted by Crippen LogP contribution is -2.53. The molecule has 4 nitrogen and oxygen atoms in total. The van der Waals surface area contributed by atoms with Gasteiger partial charge in [0.25, 0.3) is 0 Å². The highest BCUT2D eigenvalue weighted by atomic mass is 16.2. The molecule has 0 aromatic heterocycles. The Bertz CT molecular complexity index is 559. The maximum Gasteiger partial charge on any atom is 0.230 e. The molecule has 1 unspecified atom stereocenters. The zero-order valence-corrected chi connectivity index (χ0v) is 16.1. The van der Waals surface area contributed by atoms with E-state index in [1.54, 1.807) is 0 Å². The van der Waals surface area contributed by atoms with Gasteiger partial charge in [0.15, 0.2) is 0 Å². The van der Waals surface area contributed by atoms with Crippen molar-refractivity contribution in [2.75, 3.05) is 26.2 Å². The van der Waals surface area contributed by atoms with Crippen LogP contribution in [-0.2, 0) is 9.59 Å². The molecular weight excluding hydrogens is 312 g/mol. The topological polar surface area (TPSA) is 40.6 Å². The molecule has 138 valence electrons. The zero-order valence-electron chi connectivity index (χ0n) is 16.1. The maximum absolute atomic E-state index is 13.1. The van der Waals surface area contributed by atoms with Gasteiger partial charge in [0.1, 0.15) is 0 Å². The van der Waals surface area contributed by atoms with E-state index in [0.717, 1.165) is 18.4 Å². The highest BCUT2D eigenvalue weighted by molar-refractivity contribution is 5.84. The van der Waals surface area contributed by atoms with Gasteiger partial charge in [-0.1, -0.05) is 58.0 Å². The zero-order chi connectivity index (χ0) is 18.4. The Morgan fingerprint density at radius 1 is 0.880 bits per heavy atom. The SMILES string of the molecule is CCC(CC)C(=O)N1CCN(C(=O)C(c2ccccc2)C(C)C)CC1. The number of hydrogen-bond acceptors (Lipinski definition) is 2. The van der Waals surface area contributed by atoms with Crippen molar-refractivity contribution in [2.45, 2.75) is 46.5 Å². The summed E-state index contributed by atoms with van der Waals surface area (Å²) >= 11 is 0. The van der Waals surface area contributed by atoms with Crippen molar-refractivity contribution in [3.8, 4) is 0 Å². The first kappa shape index (κ1) is 19.5. The largest absolute Gasteiger partial charge is 0.339 e. The fourth-order valence-electron chi connectivity index (χ4n) is 3.71. The third-order valence-corrected chi connectivity index (χ3v) is 5.33. The minimum Gasteiger partial charge on any atom is -0.339 e. The van der Waals surface area contributed by atoms with Crippen molar-refractivity contribution >= 4 is 11.8 Å². The van der Waals surface area contributed by atoms with Crippen LogP contribution in [-0.4, -0.2) is 47.8 Å². The third-order valence-electron chi connectivity index (χ3n) is 5.33. The van der Waals surface area contributed by atoms with Gasteiger partial charge in [0, 0.05) is 32.1 Å². The van der Waals surface area contributed by atoms with Crippen LogP contribution in [0.25, 0.3) is 0 Å². The molecule has 0 bridgehead atoms. The first-order chi connectivity index (χ1) is 12.0. The fourth-order valence-corrected chi connectivity index (χ4v) is 3.71. The summed E-state index contributed by atoms with van der Waals surface area (Å²) in [6, 6.07) is 10.0. The smallest absolute Gasteiger partial charge is 0.230 e. The summed E-state index contributed by atoms with van der Waals surface area (Å²) in [6.07, 6.45) is 1.77. The van der Waals surface area contributed by atoms with Gasteiger partial charge >= 0.3 is 0 Å². The van der Waals surface area contributed by atoms with E-state index in [9.17, 15) is 9.59 Å². The highest BCUT2D eigenvalue weighted by Gasteiger charge is 2.32. The van der Waals surface area contributed by atoms with E-state index in [4.69, 9.17) is 0 Å². The van der Waals surface area contributed by atoms with Crippen LogP contribution in [0.1, 0.15) is 52.0 Å². The average molecular weight is 344 g/mol. The Balaban J connectivity index is 2.01. The predicted molar refractivity (Wildman–Crippen MR) is 101 cm³/mol. The summed E-state index contributed by atoms with van der Waals surface area (Å²) in [5.41, 5.74) is 1.08. The molecule has 0 spiro atoms. The van der Waals surface area contributed by atoms with Gasteiger partial charge in [0.2, 0.25) is 11.8 Å². The molecule has 1 aliphatic rings. The summed E-state index contributed by atoms with van der Waals surface area (Å²) in [5.74, 6) is 0.702. The first-order valence-electron chi connectivity index (χ1n) is 9.62. The Morgan fingerprint density at radius 3 is 1.80 bits per heavy atom. The van der Waals surface area contributed by atoms with Crippen molar-refractivity contribution in [1.29, 1.82) is 0 Å². The molecule has 1 aromatic rings. The van der Waals surface area contributed by atoms with Gasteiger partial charge in [-0.15, -0.1) is 0 Å². The second kappa shape index (κ2) is 9.02. The van der Waals surface area contributed by atoms with Gasteiger partial charge in [-0.2, -0.15) is 0 Å². The number of carbonyl (C=O) groups excluding carboxylic acids is 2. The van der Waals surface area contributed by atoms with Crippen LogP contribution >= 0.6 is 0 Å². The second-order valence-electron chi connectivity index (χ2n) is 7.30. The van der Waals surface area contributed by atoms with Gasteiger partial charge in [0.05, 0.1) is 5.92 Å². The molecule has 0 saturated carbocycles. The molecule has 4 heteroatoms. The lowest BCUT2D eigenvalue weighted by molar-refractivity contribution is -0.143. The molecule has 1 heterocycles. The first-order valence-corrected chi connectivity index (χ1v) is 9.62. The monoisotopic (exact) mass is 344 g/mol. The van der Waals surface area contributed by atoms with Crippen molar-refractivity contribution in [3.63, 3.8) is 0 Å². The standard InChI is InChI=1S/C21H32N2O2/c1-5-17(6-2)20(24)22-12-14-23(15-13-22)21(25)19(16(3)4)18-10-8-7-9-11-18/h7-11,16-17,19H,5-6,12-15H2,1-4H3. The minimum atomic E-state index is -0.109. The van der Waals surface area contributed by atoms with E-state index in [2.05, 4.69) is 27.7 Å². The van der Waals surface area contributed by atoms with Crippen molar-refractivity contribution < 1.29 is 9.59 Å². The quantitative estimate of drug-likeness (QED) is 0.792. The lowest BCUT2D eigenvalue weighted by atomic mass is 9.87. The van der Waals surface area contributed by atoms with Crippen LogP contribution in [0.15, 0.2) is 30.3 Å². The van der Waals surface area contributed by atoms with E-state index in [1.807, 2.05) is 40.1 Å². The Labute approximate surface area is 152 Å². The van der Waals surface area contributed by atoms with Crippen LogP contribution in [0.5, 0.6) is 0 Å². The number of nitrogens with zero attached hydrogens (tertiary/aromatic N) is 2. The van der Waals surface area contributed by atoms with Crippen LogP contribution in [0.2, 0.25) is 0 Å². The highest BCUT2D eigenvalue weighted by Crippen LogP contribution is 2.27. The van der Waals surface area contributed by atoms with Crippen molar-refractivity contribution in [2.24, 2.45) is 11.8 Å². The van der Waals surface area contributed by atoms with Gasteiger partial charge in [-0.05, 0) is 24.3 Å². The van der Waals surface area contributed by atoms with E-state index in [1.165, 1.54) is 0 Å². The fraction of sp³-hybridized carbons (Fsp3) is 0.619. The number of amides is 2. The molecular formula is C21H32N2O2. The summed E-state index contributed by atoms with van der Waals surface area (Å²) in [6.45, 7) is 10.9. The third kappa shape index (κ3) is 4.62. The number of rotatable bonds is 6. The van der Waals surface area contributed by atoms with Crippen LogP contribution in [0, 0.1) is 11.8 Å². The lowest BCUT2D eigenvalue weighted by Gasteiger charge is -2.38. The van der Waals surface area contributed by atoms with Gasteiger partial charge < -0.3 is 9.80 Å². The molecule has 2 rings (SSSR count). The number of hydrogen-bond donors (Lipinski definition) is 0. The Morgan fingerprint density at radius 2 is 1.36 bits per heavy atom. The average Bonchev–Trinajstić information content (AvgIpc) is 2.63. The number of piperazine rings is 1. The molecule has 0 aliphatic carbocycles. The summed E-state index contributed by atoms with van der Waals surface area (Å²) < 4.78 is 0. The molecule has 1 fully saturated rings. The van der Waals surface area contributed by atoms with E-state index < -0.39 is 0 Å². The van der Waals surface area contributed by atoms with E-state index >= 15 is 0 Å². The molecule has 2 amide bonds. The van der Waals surface area contributed by atoms with Crippen LogP contribution < -0.4 is 0 Å². The molecule has 1 atom stereocenters. The molecule has 1 aromatic carbocycles. The number of carbonyl (C=O) groups is 2. The number of benzene rings is 1. The second-order valence-corrected chi connectivity index (χ2v) is 7.30. The molecule has 0 N–H and O–H groups in total. The summed E-state index contributed by atoms with van der Waals surface area (Å²) in [7, 11) is 0. The molecule has 1 saturated heterocycles. The molecule has 0 radical (unpaired) electrons. The van der Waals surface area contributed by atoms with Gasteiger partial charge in [-0.25, -0.2) is 0 Å². The van der Waals surface area contributed by atoms with Crippen molar-refractivity contribution in [3.05, 3.63) is 35.9 Å². The summed E-state index contributed by atoms with van der Waals surface area (Å²) in [4.78, 5) is 29.5. The van der Waals surface area contributed by atoms with Crippen LogP contribution in [0.4, 0.5) is 0 Å². The van der Waals surface area contributed by atoms with Crippen LogP contribution in [0.3, 0.4) is 0 Å². The molecule has 25 heavy (non-hydrogen) atoms. The van der Waals surface area contributed by atoms with Crippen molar-refractivity contribution in [1.82, 2.24) is 9.80 Å². The molecule has 1 aliphatic heterocycles. The van der Waals surface area contributed by atoms with E-state index in [0.29, 0.717) is 26.2 Å². The predicted octanol–water partition coefficient (Wildman–Crippen LogP) is 3.53. The Kier molecular flexibility index (Phi) is 7.03. The van der Waals surface area contributed by atoms with Gasteiger partial charge in [-0.3, -0.25) is 9.59 Å². The summed E-state index contributed by atoms with van der Waals surface area (Å²) in [5, 5.41) is 0.